The number of ether oxygens (including phenoxy) is 1. The molecule has 19 heavy (non-hydrogen) atoms. The highest BCUT2D eigenvalue weighted by atomic mass is 79.9. The van der Waals surface area contributed by atoms with Crippen LogP contribution < -0.4 is 15.8 Å². The molecule has 1 aromatic carbocycles. The standard InChI is InChI=1S/C14H21BrN2O2/c1-9(2)6-10(8-16)17-14(18)12-7-11(19-3)4-5-13(12)15/h4-5,7,9-10H,6,8,16H2,1-3H3,(H,17,18). The van der Waals surface area contributed by atoms with E-state index in [2.05, 4.69) is 35.1 Å². The Hall–Kier alpha value is -1.07. The summed E-state index contributed by atoms with van der Waals surface area (Å²) in [6.07, 6.45) is 0.865. The lowest BCUT2D eigenvalue weighted by atomic mass is 10.0. The summed E-state index contributed by atoms with van der Waals surface area (Å²) >= 11 is 3.38. The molecule has 0 heterocycles. The van der Waals surface area contributed by atoms with E-state index in [0.717, 1.165) is 10.9 Å². The van der Waals surface area contributed by atoms with Crippen LogP contribution >= 0.6 is 15.9 Å². The number of hydrogen-bond acceptors (Lipinski definition) is 3. The average Bonchev–Trinajstić information content (AvgIpc) is 2.37. The zero-order valence-electron chi connectivity index (χ0n) is 11.6. The van der Waals surface area contributed by atoms with Crippen LogP contribution in [0.5, 0.6) is 5.75 Å². The molecular formula is C14H21BrN2O2. The van der Waals surface area contributed by atoms with E-state index in [4.69, 9.17) is 10.5 Å². The molecule has 0 aliphatic heterocycles. The van der Waals surface area contributed by atoms with Gasteiger partial charge in [-0.1, -0.05) is 13.8 Å². The first-order chi connectivity index (χ1) is 8.97. The van der Waals surface area contributed by atoms with Gasteiger partial charge in [-0.15, -0.1) is 0 Å². The number of amides is 1. The van der Waals surface area contributed by atoms with E-state index in [0.29, 0.717) is 23.8 Å². The number of hydrogen-bond donors (Lipinski definition) is 2. The van der Waals surface area contributed by atoms with Gasteiger partial charge in [0.1, 0.15) is 5.75 Å². The molecule has 0 fully saturated rings. The molecule has 1 atom stereocenters. The van der Waals surface area contributed by atoms with Crippen molar-refractivity contribution in [3.05, 3.63) is 28.2 Å². The molecule has 0 aliphatic carbocycles. The molecule has 0 radical (unpaired) electrons. The number of carbonyl (C=O) groups excluding carboxylic acids is 1. The predicted molar refractivity (Wildman–Crippen MR) is 80.5 cm³/mol. The van der Waals surface area contributed by atoms with Crippen molar-refractivity contribution in [1.29, 1.82) is 0 Å². The Bertz CT molecular complexity index is 435. The summed E-state index contributed by atoms with van der Waals surface area (Å²) in [5.74, 6) is 1.01. The third-order valence-electron chi connectivity index (χ3n) is 2.79. The number of rotatable bonds is 6. The maximum absolute atomic E-state index is 12.2. The van der Waals surface area contributed by atoms with Crippen molar-refractivity contribution < 1.29 is 9.53 Å². The fourth-order valence-electron chi connectivity index (χ4n) is 1.85. The summed E-state index contributed by atoms with van der Waals surface area (Å²) in [6.45, 7) is 4.65. The highest BCUT2D eigenvalue weighted by molar-refractivity contribution is 9.10. The van der Waals surface area contributed by atoms with Gasteiger partial charge in [-0.2, -0.15) is 0 Å². The first-order valence-corrected chi connectivity index (χ1v) is 7.11. The average molecular weight is 329 g/mol. The maximum Gasteiger partial charge on any atom is 0.252 e. The highest BCUT2D eigenvalue weighted by Gasteiger charge is 2.16. The van der Waals surface area contributed by atoms with Crippen LogP contribution in [0.4, 0.5) is 0 Å². The molecule has 4 nitrogen and oxygen atoms in total. The van der Waals surface area contributed by atoms with Crippen molar-refractivity contribution in [2.24, 2.45) is 11.7 Å². The largest absolute Gasteiger partial charge is 0.497 e. The molecular weight excluding hydrogens is 308 g/mol. The number of halogens is 1. The first kappa shape index (κ1) is 16.0. The SMILES string of the molecule is COc1ccc(Br)c(C(=O)NC(CN)CC(C)C)c1. The minimum absolute atomic E-state index is 0.00870. The van der Waals surface area contributed by atoms with Gasteiger partial charge in [0.25, 0.3) is 5.91 Å². The molecule has 5 heteroatoms. The summed E-state index contributed by atoms with van der Waals surface area (Å²) < 4.78 is 5.87. The van der Waals surface area contributed by atoms with Crippen molar-refractivity contribution in [3.8, 4) is 5.75 Å². The zero-order chi connectivity index (χ0) is 14.4. The molecule has 1 rings (SSSR count). The Morgan fingerprint density at radius 1 is 1.47 bits per heavy atom. The van der Waals surface area contributed by atoms with Gasteiger partial charge < -0.3 is 15.8 Å². The summed E-state index contributed by atoms with van der Waals surface area (Å²) in [5, 5.41) is 2.96. The fourth-order valence-corrected chi connectivity index (χ4v) is 2.28. The maximum atomic E-state index is 12.2. The van der Waals surface area contributed by atoms with E-state index >= 15 is 0 Å². The lowest BCUT2D eigenvalue weighted by Gasteiger charge is -2.19. The quantitative estimate of drug-likeness (QED) is 0.843. The number of nitrogens with two attached hydrogens (primary N) is 1. The minimum Gasteiger partial charge on any atom is -0.497 e. The summed E-state index contributed by atoms with van der Waals surface area (Å²) in [6, 6.07) is 5.30. The molecule has 1 amide bonds. The minimum atomic E-state index is -0.137. The van der Waals surface area contributed by atoms with Gasteiger partial charge in [0, 0.05) is 17.1 Å². The van der Waals surface area contributed by atoms with Crippen LogP contribution in [0.25, 0.3) is 0 Å². The van der Waals surface area contributed by atoms with Crippen LogP contribution in [-0.2, 0) is 0 Å². The molecule has 0 spiro atoms. The van der Waals surface area contributed by atoms with Gasteiger partial charge in [-0.05, 0) is 46.5 Å². The highest BCUT2D eigenvalue weighted by Crippen LogP contribution is 2.22. The Morgan fingerprint density at radius 3 is 2.68 bits per heavy atom. The molecule has 3 N–H and O–H groups in total. The van der Waals surface area contributed by atoms with Crippen LogP contribution in [0.1, 0.15) is 30.6 Å². The van der Waals surface area contributed by atoms with E-state index in [9.17, 15) is 4.79 Å². The van der Waals surface area contributed by atoms with E-state index in [1.807, 2.05) is 0 Å². The van der Waals surface area contributed by atoms with E-state index in [1.54, 1.807) is 25.3 Å². The topological polar surface area (TPSA) is 64.3 Å². The van der Waals surface area contributed by atoms with E-state index in [-0.39, 0.29) is 11.9 Å². The van der Waals surface area contributed by atoms with Crippen LogP contribution in [0, 0.1) is 5.92 Å². The molecule has 1 aromatic rings. The smallest absolute Gasteiger partial charge is 0.252 e. The number of benzene rings is 1. The second kappa shape index (κ2) is 7.50. The Labute approximate surface area is 122 Å². The second-order valence-electron chi connectivity index (χ2n) is 4.88. The number of methoxy groups -OCH3 is 1. The Kier molecular flexibility index (Phi) is 6.31. The van der Waals surface area contributed by atoms with Gasteiger partial charge in [0.15, 0.2) is 0 Å². The van der Waals surface area contributed by atoms with Gasteiger partial charge in [0.2, 0.25) is 0 Å². The van der Waals surface area contributed by atoms with E-state index in [1.165, 1.54) is 0 Å². The van der Waals surface area contributed by atoms with Crippen LogP contribution in [0.3, 0.4) is 0 Å². The van der Waals surface area contributed by atoms with Crippen LogP contribution in [0.15, 0.2) is 22.7 Å². The van der Waals surface area contributed by atoms with E-state index < -0.39 is 0 Å². The second-order valence-corrected chi connectivity index (χ2v) is 5.74. The van der Waals surface area contributed by atoms with Gasteiger partial charge in [0.05, 0.1) is 12.7 Å². The molecule has 1 unspecified atom stereocenters. The van der Waals surface area contributed by atoms with Crippen molar-refractivity contribution >= 4 is 21.8 Å². The zero-order valence-corrected chi connectivity index (χ0v) is 13.2. The Balaban J connectivity index is 2.81. The summed E-state index contributed by atoms with van der Waals surface area (Å²) in [7, 11) is 1.58. The predicted octanol–water partition coefficient (Wildman–Crippen LogP) is 2.56. The molecule has 0 saturated heterocycles. The third kappa shape index (κ3) is 4.84. The van der Waals surface area contributed by atoms with Gasteiger partial charge in [-0.3, -0.25) is 4.79 Å². The fraction of sp³-hybridized carbons (Fsp3) is 0.500. The third-order valence-corrected chi connectivity index (χ3v) is 3.49. The first-order valence-electron chi connectivity index (χ1n) is 6.32. The molecule has 0 bridgehead atoms. The van der Waals surface area contributed by atoms with Gasteiger partial charge >= 0.3 is 0 Å². The normalized spacial score (nSPS) is 12.3. The Morgan fingerprint density at radius 2 is 2.16 bits per heavy atom. The van der Waals surface area contributed by atoms with Crippen molar-refractivity contribution in [2.75, 3.05) is 13.7 Å². The molecule has 0 aliphatic rings. The van der Waals surface area contributed by atoms with Crippen LogP contribution in [0.2, 0.25) is 0 Å². The summed E-state index contributed by atoms with van der Waals surface area (Å²) in [5.41, 5.74) is 6.25. The summed E-state index contributed by atoms with van der Waals surface area (Å²) in [4.78, 5) is 12.2. The number of carbonyl (C=O) groups is 1. The van der Waals surface area contributed by atoms with Crippen molar-refractivity contribution in [3.63, 3.8) is 0 Å². The molecule has 0 saturated carbocycles. The lowest BCUT2D eigenvalue weighted by molar-refractivity contribution is 0.0932. The monoisotopic (exact) mass is 328 g/mol. The van der Waals surface area contributed by atoms with Crippen LogP contribution in [-0.4, -0.2) is 25.6 Å². The van der Waals surface area contributed by atoms with Crippen molar-refractivity contribution in [1.82, 2.24) is 5.32 Å². The molecule has 106 valence electrons. The van der Waals surface area contributed by atoms with Crippen molar-refractivity contribution in [2.45, 2.75) is 26.3 Å². The number of nitrogens with one attached hydrogen (secondary N) is 1. The molecule has 0 aromatic heterocycles. The lowest BCUT2D eigenvalue weighted by Crippen LogP contribution is -2.41. The van der Waals surface area contributed by atoms with Gasteiger partial charge in [-0.25, -0.2) is 0 Å².